The maximum Gasteiger partial charge on any atom is 0.323 e. The predicted molar refractivity (Wildman–Crippen MR) is 93.7 cm³/mol. The Morgan fingerprint density at radius 3 is 2.87 bits per heavy atom. The van der Waals surface area contributed by atoms with E-state index in [0.29, 0.717) is 24.7 Å². The van der Waals surface area contributed by atoms with Gasteiger partial charge in [-0.2, -0.15) is 0 Å². The summed E-state index contributed by atoms with van der Waals surface area (Å²) in [5.41, 5.74) is 8.19. The van der Waals surface area contributed by atoms with Crippen molar-refractivity contribution in [3.05, 3.63) is 28.3 Å². The second kappa shape index (κ2) is 9.98. The highest BCUT2D eigenvalue weighted by molar-refractivity contribution is 6.32. The lowest BCUT2D eigenvalue weighted by molar-refractivity contribution is -0.145. The van der Waals surface area contributed by atoms with Crippen LogP contribution in [0.5, 0.6) is 5.75 Å². The monoisotopic (exact) mass is 362 g/mol. The molecule has 2 rings (SSSR count). The van der Waals surface area contributed by atoms with Gasteiger partial charge in [0.05, 0.1) is 18.2 Å². The summed E-state index contributed by atoms with van der Waals surface area (Å²) in [6.45, 7) is 4.30. The van der Waals surface area contributed by atoms with E-state index >= 15 is 0 Å². The Bertz CT molecular complexity index is 526. The van der Waals surface area contributed by atoms with Crippen LogP contribution in [0.3, 0.4) is 0 Å². The number of hydrogen-bond donors (Lipinski definition) is 2. The molecule has 1 heterocycles. The molecule has 23 heavy (non-hydrogen) atoms. The third-order valence-electron chi connectivity index (χ3n) is 3.70. The minimum absolute atomic E-state index is 0. The Morgan fingerprint density at radius 1 is 1.39 bits per heavy atom. The number of nitrogens with one attached hydrogen (secondary N) is 1. The highest BCUT2D eigenvalue weighted by Gasteiger charge is 2.18. The number of ether oxygens (including phenoxy) is 2. The third-order valence-corrected chi connectivity index (χ3v) is 3.99. The zero-order chi connectivity index (χ0) is 15.9. The van der Waals surface area contributed by atoms with E-state index in [4.69, 9.17) is 26.8 Å². The van der Waals surface area contributed by atoms with Crippen molar-refractivity contribution in [1.29, 1.82) is 0 Å². The number of halogens is 2. The summed E-state index contributed by atoms with van der Waals surface area (Å²) in [5, 5.41) is 3.97. The molecule has 0 fully saturated rings. The minimum Gasteiger partial charge on any atom is -0.492 e. The van der Waals surface area contributed by atoms with Gasteiger partial charge in [0.15, 0.2) is 0 Å². The summed E-state index contributed by atoms with van der Waals surface area (Å²) in [6, 6.07) is 3.26. The fourth-order valence-electron chi connectivity index (χ4n) is 2.52. The first-order chi connectivity index (χ1) is 10.6. The molecule has 0 bridgehead atoms. The predicted octanol–water partition coefficient (Wildman–Crippen LogP) is 2.11. The van der Waals surface area contributed by atoms with Crippen LogP contribution >= 0.6 is 24.0 Å². The van der Waals surface area contributed by atoms with E-state index in [-0.39, 0.29) is 12.4 Å². The molecule has 1 aliphatic heterocycles. The molecule has 1 unspecified atom stereocenters. The molecule has 1 aliphatic rings. The maximum absolute atomic E-state index is 11.5. The fourth-order valence-corrected chi connectivity index (χ4v) is 2.75. The first kappa shape index (κ1) is 20.0. The van der Waals surface area contributed by atoms with E-state index in [1.54, 1.807) is 6.92 Å². The van der Waals surface area contributed by atoms with Crippen LogP contribution in [0.2, 0.25) is 5.02 Å². The van der Waals surface area contributed by atoms with Crippen LogP contribution < -0.4 is 15.8 Å². The molecule has 0 saturated heterocycles. The molecule has 1 atom stereocenters. The van der Waals surface area contributed by atoms with E-state index in [1.165, 1.54) is 5.56 Å². The Balaban J connectivity index is 0.00000264. The van der Waals surface area contributed by atoms with Gasteiger partial charge < -0.3 is 20.5 Å². The van der Waals surface area contributed by atoms with Crippen molar-refractivity contribution in [1.82, 2.24) is 5.32 Å². The van der Waals surface area contributed by atoms with Crippen molar-refractivity contribution in [2.75, 3.05) is 26.3 Å². The SMILES string of the molecule is CCOC(=O)C(N)CCOc1c(Cl)ccc2c1CCNCC2.Cl. The average molecular weight is 363 g/mol. The van der Waals surface area contributed by atoms with Gasteiger partial charge in [0.1, 0.15) is 11.8 Å². The molecule has 5 nitrogen and oxygen atoms in total. The molecule has 1 aromatic rings. The summed E-state index contributed by atoms with van der Waals surface area (Å²) in [5.74, 6) is 0.326. The van der Waals surface area contributed by atoms with E-state index in [2.05, 4.69) is 11.4 Å². The van der Waals surface area contributed by atoms with Gasteiger partial charge in [0, 0.05) is 12.0 Å². The Labute approximate surface area is 148 Å². The number of hydrogen-bond acceptors (Lipinski definition) is 5. The largest absolute Gasteiger partial charge is 0.492 e. The summed E-state index contributed by atoms with van der Waals surface area (Å²) in [6.07, 6.45) is 2.25. The van der Waals surface area contributed by atoms with Crippen molar-refractivity contribution in [3.8, 4) is 5.75 Å². The van der Waals surface area contributed by atoms with Crippen molar-refractivity contribution in [3.63, 3.8) is 0 Å². The van der Waals surface area contributed by atoms with Crippen LogP contribution in [0.1, 0.15) is 24.5 Å². The van der Waals surface area contributed by atoms with Gasteiger partial charge in [-0.1, -0.05) is 17.7 Å². The zero-order valence-electron chi connectivity index (χ0n) is 13.3. The summed E-state index contributed by atoms with van der Waals surface area (Å²) in [7, 11) is 0. The van der Waals surface area contributed by atoms with E-state index in [9.17, 15) is 4.79 Å². The lowest BCUT2D eigenvalue weighted by atomic mass is 10.0. The van der Waals surface area contributed by atoms with Gasteiger partial charge in [0.25, 0.3) is 0 Å². The van der Waals surface area contributed by atoms with E-state index < -0.39 is 12.0 Å². The second-order valence-electron chi connectivity index (χ2n) is 5.26. The number of benzene rings is 1. The van der Waals surface area contributed by atoms with Crippen LogP contribution in [0.15, 0.2) is 12.1 Å². The molecular formula is C16H24Cl2N2O3. The lowest BCUT2D eigenvalue weighted by Crippen LogP contribution is -2.33. The summed E-state index contributed by atoms with van der Waals surface area (Å²) in [4.78, 5) is 11.5. The van der Waals surface area contributed by atoms with Crippen LogP contribution in [0, 0.1) is 0 Å². The third kappa shape index (κ3) is 5.53. The molecule has 0 saturated carbocycles. The molecule has 0 aromatic heterocycles. The molecule has 7 heteroatoms. The summed E-state index contributed by atoms with van der Waals surface area (Å²) >= 11 is 6.27. The first-order valence-corrected chi connectivity index (χ1v) is 8.07. The minimum atomic E-state index is -0.664. The fraction of sp³-hybridized carbons (Fsp3) is 0.562. The van der Waals surface area contributed by atoms with Crippen LogP contribution in [-0.2, 0) is 22.4 Å². The molecule has 3 N–H and O–H groups in total. The molecule has 0 aliphatic carbocycles. The summed E-state index contributed by atoms with van der Waals surface area (Å²) < 4.78 is 10.7. The van der Waals surface area contributed by atoms with E-state index in [0.717, 1.165) is 37.2 Å². The van der Waals surface area contributed by atoms with Crippen molar-refractivity contribution in [2.45, 2.75) is 32.2 Å². The van der Waals surface area contributed by atoms with Crippen molar-refractivity contribution < 1.29 is 14.3 Å². The number of esters is 1. The molecule has 1 aromatic carbocycles. The first-order valence-electron chi connectivity index (χ1n) is 7.69. The average Bonchev–Trinajstić information content (AvgIpc) is 2.75. The van der Waals surface area contributed by atoms with Gasteiger partial charge in [-0.3, -0.25) is 4.79 Å². The number of nitrogens with two attached hydrogens (primary N) is 1. The molecule has 130 valence electrons. The van der Waals surface area contributed by atoms with Crippen molar-refractivity contribution >= 4 is 30.0 Å². The van der Waals surface area contributed by atoms with Crippen molar-refractivity contribution in [2.24, 2.45) is 5.73 Å². The van der Waals surface area contributed by atoms with E-state index in [1.807, 2.05) is 6.07 Å². The number of fused-ring (bicyclic) bond motifs is 1. The van der Waals surface area contributed by atoms with Gasteiger partial charge in [-0.25, -0.2) is 0 Å². The highest BCUT2D eigenvalue weighted by Crippen LogP contribution is 2.33. The maximum atomic E-state index is 11.5. The number of rotatable bonds is 6. The van der Waals surface area contributed by atoms with Crippen LogP contribution in [0.25, 0.3) is 0 Å². The zero-order valence-corrected chi connectivity index (χ0v) is 14.8. The second-order valence-corrected chi connectivity index (χ2v) is 5.67. The normalized spacial score (nSPS) is 14.9. The van der Waals surface area contributed by atoms with Gasteiger partial charge in [-0.05, 0) is 44.5 Å². The topological polar surface area (TPSA) is 73.6 Å². The molecule has 0 radical (unpaired) electrons. The molecular weight excluding hydrogens is 339 g/mol. The number of carbonyl (C=O) groups is 1. The highest BCUT2D eigenvalue weighted by atomic mass is 35.5. The van der Waals surface area contributed by atoms with Gasteiger partial charge >= 0.3 is 5.97 Å². The smallest absolute Gasteiger partial charge is 0.323 e. The Hall–Kier alpha value is -1.01. The lowest BCUT2D eigenvalue weighted by Gasteiger charge is -2.16. The quantitative estimate of drug-likeness (QED) is 0.758. The van der Waals surface area contributed by atoms with Gasteiger partial charge in [0.2, 0.25) is 0 Å². The number of carbonyl (C=O) groups excluding carboxylic acids is 1. The standard InChI is InChI=1S/C16H23ClN2O3.ClH/c1-2-21-16(20)14(18)7-10-22-15-12-6-9-19-8-5-11(12)3-4-13(15)17;/h3-4,14,19H,2,5-10,18H2,1H3;1H. The van der Waals surface area contributed by atoms with Crippen LogP contribution in [0.4, 0.5) is 0 Å². The van der Waals surface area contributed by atoms with Crippen LogP contribution in [-0.4, -0.2) is 38.3 Å². The molecule has 0 amide bonds. The Morgan fingerprint density at radius 2 is 2.13 bits per heavy atom. The Kier molecular flexibility index (Phi) is 8.69. The molecule has 0 spiro atoms. The van der Waals surface area contributed by atoms with Gasteiger partial charge in [-0.15, -0.1) is 12.4 Å².